The lowest BCUT2D eigenvalue weighted by Gasteiger charge is -2.07. The van der Waals surface area contributed by atoms with E-state index in [-0.39, 0.29) is 5.95 Å². The maximum Gasteiger partial charge on any atom is 0.433 e. The van der Waals surface area contributed by atoms with E-state index in [2.05, 4.69) is 15.3 Å². The fraction of sp³-hybridized carbons (Fsp3) is 0.500. The van der Waals surface area contributed by atoms with Crippen molar-refractivity contribution in [2.24, 2.45) is 5.73 Å². The van der Waals surface area contributed by atoms with Crippen LogP contribution >= 0.6 is 0 Å². The fourth-order valence-corrected chi connectivity index (χ4v) is 0.904. The molecular weight excluding hydrogens is 209 g/mol. The number of nitrogens with zero attached hydrogens (tertiary/aromatic N) is 2. The molecule has 0 unspecified atom stereocenters. The highest BCUT2D eigenvalue weighted by molar-refractivity contribution is 5.25. The molecule has 7 heteroatoms. The zero-order valence-electron chi connectivity index (χ0n) is 7.88. The van der Waals surface area contributed by atoms with Gasteiger partial charge < -0.3 is 11.1 Å². The molecule has 1 aromatic heterocycles. The minimum absolute atomic E-state index is 0.0294. The summed E-state index contributed by atoms with van der Waals surface area (Å²) in [4.78, 5) is 6.99. The first-order valence-electron chi connectivity index (χ1n) is 4.38. The average molecular weight is 220 g/mol. The molecular formula is C8H11F3N4. The summed E-state index contributed by atoms with van der Waals surface area (Å²) in [6.45, 7) is 0.920. The lowest BCUT2D eigenvalue weighted by Crippen LogP contribution is -2.13. The number of halogens is 3. The predicted molar refractivity (Wildman–Crippen MR) is 49.2 cm³/mol. The van der Waals surface area contributed by atoms with Crippen LogP contribution < -0.4 is 11.1 Å². The molecule has 4 nitrogen and oxygen atoms in total. The molecule has 0 amide bonds. The molecule has 0 aliphatic rings. The molecule has 0 atom stereocenters. The van der Waals surface area contributed by atoms with Gasteiger partial charge in [0, 0.05) is 12.7 Å². The minimum atomic E-state index is -4.44. The second-order valence-electron chi connectivity index (χ2n) is 2.83. The van der Waals surface area contributed by atoms with E-state index in [4.69, 9.17) is 5.73 Å². The Labute approximate surface area is 84.7 Å². The number of anilines is 1. The number of alkyl halides is 3. The van der Waals surface area contributed by atoms with E-state index in [1.807, 2.05) is 0 Å². The average Bonchev–Trinajstić information content (AvgIpc) is 2.17. The topological polar surface area (TPSA) is 63.8 Å². The van der Waals surface area contributed by atoms with Gasteiger partial charge in [0.25, 0.3) is 0 Å². The monoisotopic (exact) mass is 220 g/mol. The maximum absolute atomic E-state index is 12.2. The highest BCUT2D eigenvalue weighted by Crippen LogP contribution is 2.27. The van der Waals surface area contributed by atoms with Crippen LogP contribution in [0.5, 0.6) is 0 Å². The van der Waals surface area contributed by atoms with Gasteiger partial charge in [-0.05, 0) is 19.0 Å². The molecule has 1 heterocycles. The van der Waals surface area contributed by atoms with Crippen molar-refractivity contribution in [1.82, 2.24) is 9.97 Å². The number of aromatic nitrogens is 2. The third-order valence-corrected chi connectivity index (χ3v) is 1.61. The molecule has 0 saturated carbocycles. The Hall–Kier alpha value is -1.37. The van der Waals surface area contributed by atoms with Crippen molar-refractivity contribution in [2.75, 3.05) is 18.4 Å². The summed E-state index contributed by atoms with van der Waals surface area (Å²) in [6.07, 6.45) is -2.71. The second-order valence-corrected chi connectivity index (χ2v) is 2.83. The van der Waals surface area contributed by atoms with Crippen LogP contribution in [0.25, 0.3) is 0 Å². The van der Waals surface area contributed by atoms with Crippen LogP contribution in [-0.2, 0) is 6.18 Å². The molecule has 0 aromatic carbocycles. The summed E-state index contributed by atoms with van der Waals surface area (Å²) in [6, 6.07) is 0.827. The third kappa shape index (κ3) is 3.70. The standard InChI is InChI=1S/C8H11F3N4/c9-8(10,11)6-2-5-14-7(15-6)13-4-1-3-12/h2,5H,1,3-4,12H2,(H,13,14,15). The van der Waals surface area contributed by atoms with Crippen molar-refractivity contribution in [2.45, 2.75) is 12.6 Å². The molecule has 84 valence electrons. The normalized spacial score (nSPS) is 11.5. The highest BCUT2D eigenvalue weighted by Gasteiger charge is 2.32. The van der Waals surface area contributed by atoms with Gasteiger partial charge in [-0.1, -0.05) is 0 Å². The van der Waals surface area contributed by atoms with Crippen LogP contribution in [0.1, 0.15) is 12.1 Å². The minimum Gasteiger partial charge on any atom is -0.354 e. The Kier molecular flexibility index (Phi) is 3.84. The Morgan fingerprint density at radius 2 is 2.13 bits per heavy atom. The molecule has 1 rings (SSSR count). The maximum atomic E-state index is 12.2. The van der Waals surface area contributed by atoms with Crippen molar-refractivity contribution in [3.63, 3.8) is 0 Å². The molecule has 0 saturated heterocycles. The zero-order chi connectivity index (χ0) is 11.3. The van der Waals surface area contributed by atoms with Crippen LogP contribution in [0.2, 0.25) is 0 Å². The predicted octanol–water partition coefficient (Wildman–Crippen LogP) is 1.26. The molecule has 0 bridgehead atoms. The van der Waals surface area contributed by atoms with E-state index < -0.39 is 11.9 Å². The van der Waals surface area contributed by atoms with Crippen LogP contribution in [0.15, 0.2) is 12.3 Å². The fourth-order valence-electron chi connectivity index (χ4n) is 0.904. The SMILES string of the molecule is NCCCNc1nccc(C(F)(F)F)n1. The van der Waals surface area contributed by atoms with E-state index in [0.717, 1.165) is 12.3 Å². The number of nitrogens with two attached hydrogens (primary N) is 1. The van der Waals surface area contributed by atoms with Crippen molar-refractivity contribution in [1.29, 1.82) is 0 Å². The first kappa shape index (κ1) is 11.7. The molecule has 0 spiro atoms. The van der Waals surface area contributed by atoms with Crippen LogP contribution in [0, 0.1) is 0 Å². The van der Waals surface area contributed by atoms with Crippen LogP contribution in [0.3, 0.4) is 0 Å². The third-order valence-electron chi connectivity index (χ3n) is 1.61. The van der Waals surface area contributed by atoms with Gasteiger partial charge in [-0.3, -0.25) is 0 Å². The lowest BCUT2D eigenvalue weighted by molar-refractivity contribution is -0.141. The molecule has 3 N–H and O–H groups in total. The highest BCUT2D eigenvalue weighted by atomic mass is 19.4. The Bertz CT molecular complexity index is 313. The lowest BCUT2D eigenvalue weighted by atomic mass is 10.4. The molecule has 0 radical (unpaired) electrons. The van der Waals surface area contributed by atoms with Gasteiger partial charge in [-0.25, -0.2) is 9.97 Å². The molecule has 0 aliphatic carbocycles. The van der Waals surface area contributed by atoms with E-state index in [9.17, 15) is 13.2 Å². The van der Waals surface area contributed by atoms with Gasteiger partial charge in [0.05, 0.1) is 0 Å². The smallest absolute Gasteiger partial charge is 0.354 e. The number of hydrogen-bond donors (Lipinski definition) is 2. The summed E-state index contributed by atoms with van der Waals surface area (Å²) in [5, 5.41) is 2.66. The van der Waals surface area contributed by atoms with Crippen molar-refractivity contribution in [3.05, 3.63) is 18.0 Å². The first-order chi connectivity index (χ1) is 7.04. The Morgan fingerprint density at radius 1 is 1.40 bits per heavy atom. The van der Waals surface area contributed by atoms with Gasteiger partial charge in [0.1, 0.15) is 5.69 Å². The summed E-state index contributed by atoms with van der Waals surface area (Å²) in [5.74, 6) is -0.0294. The van der Waals surface area contributed by atoms with Gasteiger partial charge in [0.2, 0.25) is 5.95 Å². The van der Waals surface area contributed by atoms with E-state index in [0.29, 0.717) is 19.5 Å². The number of rotatable bonds is 4. The van der Waals surface area contributed by atoms with Gasteiger partial charge in [0.15, 0.2) is 0 Å². The Balaban J connectivity index is 2.66. The quantitative estimate of drug-likeness (QED) is 0.750. The summed E-state index contributed by atoms with van der Waals surface area (Å²) < 4.78 is 36.7. The number of hydrogen-bond acceptors (Lipinski definition) is 4. The van der Waals surface area contributed by atoms with Crippen molar-refractivity contribution >= 4 is 5.95 Å². The van der Waals surface area contributed by atoms with Crippen molar-refractivity contribution < 1.29 is 13.2 Å². The molecule has 1 aromatic rings. The van der Waals surface area contributed by atoms with Crippen LogP contribution in [0.4, 0.5) is 19.1 Å². The molecule has 0 aliphatic heterocycles. The number of nitrogens with one attached hydrogen (secondary N) is 1. The van der Waals surface area contributed by atoms with Crippen LogP contribution in [-0.4, -0.2) is 23.1 Å². The first-order valence-corrected chi connectivity index (χ1v) is 4.38. The Morgan fingerprint density at radius 3 is 2.73 bits per heavy atom. The van der Waals surface area contributed by atoms with Gasteiger partial charge in [-0.2, -0.15) is 13.2 Å². The van der Waals surface area contributed by atoms with Gasteiger partial charge >= 0.3 is 6.18 Å². The van der Waals surface area contributed by atoms with Crippen molar-refractivity contribution in [3.8, 4) is 0 Å². The summed E-state index contributed by atoms with van der Waals surface area (Å²) in [7, 11) is 0. The molecule has 0 fully saturated rings. The van der Waals surface area contributed by atoms with E-state index in [1.54, 1.807) is 0 Å². The molecule has 15 heavy (non-hydrogen) atoms. The van der Waals surface area contributed by atoms with E-state index in [1.165, 1.54) is 0 Å². The largest absolute Gasteiger partial charge is 0.433 e. The van der Waals surface area contributed by atoms with Gasteiger partial charge in [-0.15, -0.1) is 0 Å². The second kappa shape index (κ2) is 4.92. The summed E-state index contributed by atoms with van der Waals surface area (Å²) in [5.41, 5.74) is 4.28. The van der Waals surface area contributed by atoms with E-state index >= 15 is 0 Å². The zero-order valence-corrected chi connectivity index (χ0v) is 7.88. The summed E-state index contributed by atoms with van der Waals surface area (Å²) >= 11 is 0.